The molecule has 1 aliphatic rings. The molecule has 3 amide bonds. The summed E-state index contributed by atoms with van der Waals surface area (Å²) in [6.45, 7) is 2.71. The fourth-order valence-corrected chi connectivity index (χ4v) is 5.60. The number of primary amides is 1. The highest BCUT2D eigenvalue weighted by Gasteiger charge is 2.27. The first kappa shape index (κ1) is 30.6. The molecule has 15 heteroatoms. The Bertz CT molecular complexity index is 2180. The van der Waals surface area contributed by atoms with Crippen LogP contribution in [0.1, 0.15) is 77.0 Å². The minimum Gasteiger partial charge on any atom is -0.478 e. The van der Waals surface area contributed by atoms with Crippen LogP contribution >= 0.6 is 0 Å². The standard InChI is InChI=1S/C32H28N8O7/c1-15(17-4-6-19(7-5-17)32(46)47)37-31(45)22-11-21(38-29-24(28(34)43)36-14-40(22)29)30(44)35-12-16-2-3-18-8-9-39(13-20(18)10-16)25-23(33)26(41)27(25)42/h2-7,10-11,14-15H,8-9,12-13,33H2,1H3,(H2,34,43)(H,35,44)(H,37,45)(H,46,47)/t15-/m0/s1. The van der Waals surface area contributed by atoms with E-state index in [1.54, 1.807) is 24.0 Å². The normalized spacial score (nSPS) is 13.3. The summed E-state index contributed by atoms with van der Waals surface area (Å²) in [6, 6.07) is 12.4. The number of nitrogens with two attached hydrogens (primary N) is 2. The molecular weight excluding hydrogens is 608 g/mol. The third kappa shape index (κ3) is 5.65. The van der Waals surface area contributed by atoms with Crippen LogP contribution in [-0.4, -0.2) is 49.7 Å². The lowest BCUT2D eigenvalue weighted by molar-refractivity contribution is 0.0695. The molecule has 0 saturated heterocycles. The first-order valence-corrected chi connectivity index (χ1v) is 14.5. The largest absolute Gasteiger partial charge is 0.478 e. The number of amides is 3. The van der Waals surface area contributed by atoms with E-state index in [-0.39, 0.29) is 46.2 Å². The molecule has 47 heavy (non-hydrogen) atoms. The van der Waals surface area contributed by atoms with Gasteiger partial charge in [0, 0.05) is 19.6 Å². The van der Waals surface area contributed by atoms with Crippen molar-refractivity contribution >= 4 is 40.7 Å². The van der Waals surface area contributed by atoms with Crippen molar-refractivity contribution in [3.05, 3.63) is 120 Å². The van der Waals surface area contributed by atoms with Crippen LogP contribution in [0.5, 0.6) is 0 Å². The van der Waals surface area contributed by atoms with Crippen molar-refractivity contribution < 1.29 is 24.3 Å². The van der Waals surface area contributed by atoms with Gasteiger partial charge in [0.25, 0.3) is 28.6 Å². The average molecular weight is 637 g/mol. The van der Waals surface area contributed by atoms with Gasteiger partial charge in [0.2, 0.25) is 0 Å². The van der Waals surface area contributed by atoms with Crippen LogP contribution in [0.2, 0.25) is 0 Å². The number of nitrogens with zero attached hydrogens (tertiary/aromatic N) is 4. The number of rotatable bonds is 9. The van der Waals surface area contributed by atoms with Crippen LogP contribution in [0.25, 0.3) is 5.65 Å². The number of hydrogen-bond acceptors (Lipinski definition) is 10. The van der Waals surface area contributed by atoms with E-state index in [9.17, 15) is 28.8 Å². The predicted molar refractivity (Wildman–Crippen MR) is 169 cm³/mol. The molecule has 2 aromatic heterocycles. The molecule has 0 unspecified atom stereocenters. The summed E-state index contributed by atoms with van der Waals surface area (Å²) in [6.07, 6.45) is 1.85. The summed E-state index contributed by atoms with van der Waals surface area (Å²) in [5, 5.41) is 14.7. The monoisotopic (exact) mass is 636 g/mol. The molecule has 3 heterocycles. The molecule has 6 rings (SSSR count). The van der Waals surface area contributed by atoms with Crippen LogP contribution in [0.15, 0.2) is 64.4 Å². The second-order valence-corrected chi connectivity index (χ2v) is 11.2. The first-order valence-electron chi connectivity index (χ1n) is 14.5. The Kier molecular flexibility index (Phi) is 7.72. The SMILES string of the molecule is C[C@H](NC(=O)c1cc(C(=O)NCc2ccc3c(c2)CN(c2c(N)c(=O)c2=O)CC3)nc2c(C(N)=O)ncn12)c1ccc(C(=O)O)cc1. The molecule has 0 bridgehead atoms. The fourth-order valence-electron chi connectivity index (χ4n) is 5.60. The van der Waals surface area contributed by atoms with Gasteiger partial charge in [-0.15, -0.1) is 0 Å². The molecule has 0 radical (unpaired) electrons. The van der Waals surface area contributed by atoms with Crippen molar-refractivity contribution in [1.29, 1.82) is 0 Å². The molecule has 1 atom stereocenters. The fraction of sp³-hybridized carbons (Fsp3) is 0.188. The van der Waals surface area contributed by atoms with Crippen LogP contribution in [0, 0.1) is 0 Å². The lowest BCUT2D eigenvalue weighted by atomic mass is 9.96. The van der Waals surface area contributed by atoms with Gasteiger partial charge < -0.3 is 32.1 Å². The zero-order valence-electron chi connectivity index (χ0n) is 24.9. The zero-order valence-corrected chi connectivity index (χ0v) is 24.9. The van der Waals surface area contributed by atoms with Gasteiger partial charge in [0.05, 0.1) is 11.6 Å². The first-order chi connectivity index (χ1) is 22.4. The molecule has 7 N–H and O–H groups in total. The van der Waals surface area contributed by atoms with Gasteiger partial charge in [0.1, 0.15) is 29.1 Å². The molecule has 0 fully saturated rings. The average Bonchev–Trinajstić information content (AvgIpc) is 3.51. The summed E-state index contributed by atoms with van der Waals surface area (Å²) in [5.74, 6) is -3.22. The second kappa shape index (κ2) is 11.8. The minimum atomic E-state index is -1.08. The van der Waals surface area contributed by atoms with E-state index in [4.69, 9.17) is 16.6 Å². The van der Waals surface area contributed by atoms with Crippen LogP contribution in [-0.2, 0) is 19.5 Å². The summed E-state index contributed by atoms with van der Waals surface area (Å²) < 4.78 is 1.25. The Morgan fingerprint density at radius 1 is 1.00 bits per heavy atom. The number of imidazole rings is 1. The Labute approximate surface area is 265 Å². The van der Waals surface area contributed by atoms with Crippen molar-refractivity contribution in [2.45, 2.75) is 32.5 Å². The highest BCUT2D eigenvalue weighted by Crippen LogP contribution is 2.26. The molecule has 0 spiro atoms. The Morgan fingerprint density at radius 3 is 2.43 bits per heavy atom. The Hall–Kier alpha value is -6.38. The Morgan fingerprint density at radius 2 is 1.74 bits per heavy atom. The van der Waals surface area contributed by atoms with E-state index < -0.39 is 40.6 Å². The molecule has 3 aromatic carbocycles. The molecule has 0 aliphatic carbocycles. The smallest absolute Gasteiger partial charge is 0.335 e. The second-order valence-electron chi connectivity index (χ2n) is 11.2. The van der Waals surface area contributed by atoms with Gasteiger partial charge in [-0.05, 0) is 53.8 Å². The predicted octanol–water partition coefficient (Wildman–Crippen LogP) is 0.688. The third-order valence-corrected chi connectivity index (χ3v) is 8.18. The number of carbonyl (C=O) groups is 4. The van der Waals surface area contributed by atoms with E-state index >= 15 is 0 Å². The number of hydrogen-bond donors (Lipinski definition) is 5. The Balaban J connectivity index is 1.22. The number of nitrogens with one attached hydrogen (secondary N) is 2. The summed E-state index contributed by atoms with van der Waals surface area (Å²) >= 11 is 0. The van der Waals surface area contributed by atoms with Gasteiger partial charge in [-0.25, -0.2) is 14.8 Å². The highest BCUT2D eigenvalue weighted by atomic mass is 16.4. The number of carbonyl (C=O) groups excluding carboxylic acids is 3. The topological polar surface area (TPSA) is 232 Å². The van der Waals surface area contributed by atoms with Crippen molar-refractivity contribution in [3.63, 3.8) is 0 Å². The number of carboxylic acids is 1. The number of benzene rings is 2. The summed E-state index contributed by atoms with van der Waals surface area (Å²) in [5.41, 5.74) is 13.1. The molecule has 15 nitrogen and oxygen atoms in total. The van der Waals surface area contributed by atoms with Gasteiger partial charge in [-0.3, -0.25) is 28.4 Å². The maximum Gasteiger partial charge on any atom is 0.335 e. The summed E-state index contributed by atoms with van der Waals surface area (Å²) in [7, 11) is 0. The quantitative estimate of drug-likeness (QED) is 0.141. The highest BCUT2D eigenvalue weighted by molar-refractivity contribution is 6.01. The molecule has 5 aromatic rings. The van der Waals surface area contributed by atoms with Crippen LogP contribution < -0.4 is 37.9 Å². The van der Waals surface area contributed by atoms with Crippen molar-refractivity contribution in [2.24, 2.45) is 5.73 Å². The number of aromatic carboxylic acids is 1. The van der Waals surface area contributed by atoms with Crippen molar-refractivity contribution in [1.82, 2.24) is 25.0 Å². The van der Waals surface area contributed by atoms with Crippen LogP contribution in [0.4, 0.5) is 11.4 Å². The third-order valence-electron chi connectivity index (χ3n) is 8.18. The van der Waals surface area contributed by atoms with E-state index in [0.29, 0.717) is 25.1 Å². The van der Waals surface area contributed by atoms with Crippen LogP contribution in [0.3, 0.4) is 0 Å². The summed E-state index contributed by atoms with van der Waals surface area (Å²) in [4.78, 5) is 83.8. The lowest BCUT2D eigenvalue weighted by Gasteiger charge is -2.32. The number of carboxylic acid groups (broad SMARTS) is 1. The molecule has 0 saturated carbocycles. The zero-order chi connectivity index (χ0) is 33.6. The van der Waals surface area contributed by atoms with Gasteiger partial charge in [-0.2, -0.15) is 0 Å². The lowest BCUT2D eigenvalue weighted by Crippen LogP contribution is -2.44. The number of nitrogen functional groups attached to an aromatic ring is 1. The number of aromatic nitrogens is 3. The van der Waals surface area contributed by atoms with Crippen molar-refractivity contribution in [2.75, 3.05) is 17.2 Å². The maximum absolute atomic E-state index is 13.5. The maximum atomic E-state index is 13.5. The van der Waals surface area contributed by atoms with Gasteiger partial charge >= 0.3 is 5.97 Å². The number of anilines is 2. The van der Waals surface area contributed by atoms with Crippen molar-refractivity contribution in [3.8, 4) is 0 Å². The molecule has 238 valence electrons. The van der Waals surface area contributed by atoms with Gasteiger partial charge in [0.15, 0.2) is 11.3 Å². The minimum absolute atomic E-state index is 0.0269. The van der Waals surface area contributed by atoms with E-state index in [1.165, 1.54) is 28.9 Å². The van der Waals surface area contributed by atoms with E-state index in [1.807, 2.05) is 18.2 Å². The number of fused-ring (bicyclic) bond motifs is 2. The van der Waals surface area contributed by atoms with Gasteiger partial charge in [-0.1, -0.05) is 30.3 Å². The van der Waals surface area contributed by atoms with E-state index in [0.717, 1.165) is 16.7 Å². The van der Waals surface area contributed by atoms with E-state index in [2.05, 4.69) is 20.6 Å². The molecule has 1 aliphatic heterocycles. The molecular formula is C32H28N8O7.